The van der Waals surface area contributed by atoms with Gasteiger partial charge < -0.3 is 20.3 Å². The van der Waals surface area contributed by atoms with Gasteiger partial charge in [0.2, 0.25) is 5.95 Å². The lowest BCUT2D eigenvalue weighted by atomic mass is 10.1. The van der Waals surface area contributed by atoms with E-state index in [1.54, 1.807) is 10.9 Å². The number of hydrogen-bond acceptors (Lipinski definition) is 8. The standard InChI is InChI=1S/C21H27F3N8O/c1-3-15-12-31(9-8-25-15)20-28-17-14(2)30-32(10-11-33-13-21(22,23)24)18(17)19(29-20)27-16-6-4-5-7-26-16/h4-7,15,25H,3,8-13H2,1-2H3,(H,26,27,28,29)/t15-/m1/s1. The molecule has 178 valence electrons. The number of piperazine rings is 1. The van der Waals surface area contributed by atoms with E-state index in [2.05, 4.69) is 32.5 Å². The Morgan fingerprint density at radius 2 is 2.12 bits per heavy atom. The van der Waals surface area contributed by atoms with Crippen molar-refractivity contribution in [2.75, 3.05) is 43.1 Å². The molecular weight excluding hydrogens is 437 g/mol. The predicted octanol–water partition coefficient (Wildman–Crippen LogP) is 3.04. The average Bonchev–Trinajstić information content (AvgIpc) is 3.12. The van der Waals surface area contributed by atoms with E-state index in [9.17, 15) is 13.2 Å². The molecule has 0 unspecified atom stereocenters. The van der Waals surface area contributed by atoms with Crippen LogP contribution in [0.2, 0.25) is 0 Å². The van der Waals surface area contributed by atoms with Crippen molar-refractivity contribution in [2.24, 2.45) is 0 Å². The molecule has 3 aromatic heterocycles. The van der Waals surface area contributed by atoms with Gasteiger partial charge in [-0.15, -0.1) is 0 Å². The van der Waals surface area contributed by atoms with Crippen LogP contribution >= 0.6 is 0 Å². The van der Waals surface area contributed by atoms with Gasteiger partial charge in [0.1, 0.15) is 23.5 Å². The number of fused-ring (bicyclic) bond motifs is 1. The van der Waals surface area contributed by atoms with Crippen LogP contribution in [0.25, 0.3) is 11.0 Å². The van der Waals surface area contributed by atoms with E-state index >= 15 is 0 Å². The average molecular weight is 464 g/mol. The number of aryl methyl sites for hydroxylation is 1. The third kappa shape index (κ3) is 5.69. The van der Waals surface area contributed by atoms with Crippen molar-refractivity contribution < 1.29 is 17.9 Å². The van der Waals surface area contributed by atoms with Crippen LogP contribution in [0.4, 0.5) is 30.8 Å². The summed E-state index contributed by atoms with van der Waals surface area (Å²) in [4.78, 5) is 16.0. The molecule has 4 heterocycles. The van der Waals surface area contributed by atoms with Crippen LogP contribution in [-0.2, 0) is 11.3 Å². The Hall–Kier alpha value is -2.99. The van der Waals surface area contributed by atoms with Gasteiger partial charge >= 0.3 is 6.18 Å². The fourth-order valence-corrected chi connectivity index (χ4v) is 3.79. The van der Waals surface area contributed by atoms with Crippen molar-refractivity contribution in [1.82, 2.24) is 30.0 Å². The first-order chi connectivity index (χ1) is 15.8. The smallest absolute Gasteiger partial charge is 0.370 e. The Bertz CT molecular complexity index is 1070. The van der Waals surface area contributed by atoms with Gasteiger partial charge in [0, 0.05) is 31.9 Å². The van der Waals surface area contributed by atoms with E-state index in [1.165, 1.54) is 0 Å². The van der Waals surface area contributed by atoms with E-state index in [-0.39, 0.29) is 13.2 Å². The molecule has 9 nitrogen and oxygen atoms in total. The number of nitrogens with one attached hydrogen (secondary N) is 2. The monoisotopic (exact) mass is 464 g/mol. The Balaban J connectivity index is 1.68. The summed E-state index contributed by atoms with van der Waals surface area (Å²) in [6.45, 7) is 5.02. The number of alkyl halides is 3. The first-order valence-electron chi connectivity index (χ1n) is 10.9. The fourth-order valence-electron chi connectivity index (χ4n) is 3.79. The minimum atomic E-state index is -4.37. The van der Waals surface area contributed by atoms with Crippen LogP contribution in [-0.4, -0.2) is 69.8 Å². The molecule has 0 saturated carbocycles. The second-order valence-corrected chi connectivity index (χ2v) is 7.89. The zero-order chi connectivity index (χ0) is 23.4. The lowest BCUT2D eigenvalue weighted by Gasteiger charge is -2.33. The molecule has 12 heteroatoms. The highest BCUT2D eigenvalue weighted by Crippen LogP contribution is 2.28. The zero-order valence-corrected chi connectivity index (χ0v) is 18.6. The van der Waals surface area contributed by atoms with Crippen molar-refractivity contribution in [3.05, 3.63) is 30.1 Å². The van der Waals surface area contributed by atoms with Crippen LogP contribution in [0.1, 0.15) is 19.0 Å². The summed E-state index contributed by atoms with van der Waals surface area (Å²) in [7, 11) is 0. The first-order valence-corrected chi connectivity index (χ1v) is 10.9. The molecule has 0 bridgehead atoms. The van der Waals surface area contributed by atoms with Crippen molar-refractivity contribution >= 4 is 28.6 Å². The van der Waals surface area contributed by atoms with Gasteiger partial charge in [0.05, 0.1) is 18.8 Å². The predicted molar refractivity (Wildman–Crippen MR) is 119 cm³/mol. The largest absolute Gasteiger partial charge is 0.411 e. The van der Waals surface area contributed by atoms with E-state index in [0.717, 1.165) is 26.1 Å². The zero-order valence-electron chi connectivity index (χ0n) is 18.6. The fraction of sp³-hybridized carbons (Fsp3) is 0.524. The molecule has 2 N–H and O–H groups in total. The highest BCUT2D eigenvalue weighted by atomic mass is 19.4. The summed E-state index contributed by atoms with van der Waals surface area (Å²) in [6.07, 6.45) is -1.71. The summed E-state index contributed by atoms with van der Waals surface area (Å²) in [5.41, 5.74) is 1.90. The minimum Gasteiger partial charge on any atom is -0.370 e. The molecule has 1 atom stereocenters. The topological polar surface area (TPSA) is 93.0 Å². The lowest BCUT2D eigenvalue weighted by Crippen LogP contribution is -2.51. The van der Waals surface area contributed by atoms with Gasteiger partial charge in [-0.25, -0.2) is 9.97 Å². The molecule has 3 aromatic rings. The molecule has 1 aliphatic heterocycles. The quantitative estimate of drug-likeness (QED) is 0.492. The van der Waals surface area contributed by atoms with Crippen LogP contribution in [0, 0.1) is 6.92 Å². The number of halogens is 3. The Kier molecular flexibility index (Phi) is 6.94. The summed E-state index contributed by atoms with van der Waals surface area (Å²) in [6, 6.07) is 5.82. The van der Waals surface area contributed by atoms with Gasteiger partial charge in [-0.2, -0.15) is 23.3 Å². The Labute approximate surface area is 189 Å². The molecule has 0 amide bonds. The highest BCUT2D eigenvalue weighted by molar-refractivity contribution is 5.90. The van der Waals surface area contributed by atoms with Crippen molar-refractivity contribution in [1.29, 1.82) is 0 Å². The first kappa shape index (κ1) is 23.2. The van der Waals surface area contributed by atoms with Gasteiger partial charge in [-0.3, -0.25) is 4.68 Å². The molecule has 0 radical (unpaired) electrons. The van der Waals surface area contributed by atoms with Crippen LogP contribution in [0.5, 0.6) is 0 Å². The molecule has 33 heavy (non-hydrogen) atoms. The second-order valence-electron chi connectivity index (χ2n) is 7.89. The van der Waals surface area contributed by atoms with E-state index in [4.69, 9.17) is 14.7 Å². The Morgan fingerprint density at radius 1 is 1.27 bits per heavy atom. The summed E-state index contributed by atoms with van der Waals surface area (Å²) >= 11 is 0. The van der Waals surface area contributed by atoms with Gasteiger partial charge in [-0.05, 0) is 25.5 Å². The number of ether oxygens (including phenoxy) is 1. The molecule has 1 aliphatic rings. The number of pyridine rings is 1. The number of anilines is 3. The van der Waals surface area contributed by atoms with Gasteiger partial charge in [-0.1, -0.05) is 13.0 Å². The number of rotatable bonds is 8. The maximum atomic E-state index is 12.4. The third-order valence-electron chi connectivity index (χ3n) is 5.40. The van der Waals surface area contributed by atoms with E-state index < -0.39 is 12.8 Å². The van der Waals surface area contributed by atoms with Gasteiger partial charge in [0.25, 0.3) is 0 Å². The number of hydrogen-bond donors (Lipinski definition) is 2. The Morgan fingerprint density at radius 3 is 2.85 bits per heavy atom. The maximum Gasteiger partial charge on any atom is 0.411 e. The SMILES string of the molecule is CC[C@@H]1CN(c2nc(Nc3ccccn3)c3c(n2)c(C)nn3CCOCC(F)(F)F)CCN1. The van der Waals surface area contributed by atoms with Crippen LogP contribution in [0.15, 0.2) is 24.4 Å². The molecule has 0 aromatic carbocycles. The van der Waals surface area contributed by atoms with E-state index in [0.29, 0.717) is 40.4 Å². The molecule has 0 spiro atoms. The lowest BCUT2D eigenvalue weighted by molar-refractivity contribution is -0.174. The second kappa shape index (κ2) is 9.87. The number of aromatic nitrogens is 5. The van der Waals surface area contributed by atoms with Crippen molar-refractivity contribution in [3.63, 3.8) is 0 Å². The summed E-state index contributed by atoms with van der Waals surface area (Å²) in [5.74, 6) is 1.67. The molecule has 1 saturated heterocycles. The third-order valence-corrected chi connectivity index (χ3v) is 5.40. The van der Waals surface area contributed by atoms with Crippen molar-refractivity contribution in [3.8, 4) is 0 Å². The minimum absolute atomic E-state index is 0.131. The van der Waals surface area contributed by atoms with Gasteiger partial charge in [0.15, 0.2) is 5.82 Å². The van der Waals surface area contributed by atoms with Crippen LogP contribution in [0.3, 0.4) is 0 Å². The highest BCUT2D eigenvalue weighted by Gasteiger charge is 2.28. The molecule has 4 rings (SSSR count). The molecular formula is C21H27F3N8O. The van der Waals surface area contributed by atoms with E-state index in [1.807, 2.05) is 25.1 Å². The normalized spacial score (nSPS) is 17.0. The number of nitrogens with zero attached hydrogens (tertiary/aromatic N) is 6. The van der Waals surface area contributed by atoms with Crippen LogP contribution < -0.4 is 15.5 Å². The summed E-state index contributed by atoms with van der Waals surface area (Å²) in [5, 5.41) is 11.2. The molecule has 1 fully saturated rings. The maximum absolute atomic E-state index is 12.4. The molecule has 0 aliphatic carbocycles. The van der Waals surface area contributed by atoms with Crippen molar-refractivity contribution in [2.45, 2.75) is 39.0 Å². The summed E-state index contributed by atoms with van der Waals surface area (Å²) < 4.78 is 43.7.